The molecule has 0 bridgehead atoms. The minimum atomic E-state index is 0.445. The fourth-order valence-corrected chi connectivity index (χ4v) is 2.40. The highest BCUT2D eigenvalue weighted by atomic mass is 16.5. The molecule has 0 N–H and O–H groups in total. The van der Waals surface area contributed by atoms with Crippen LogP contribution in [0.3, 0.4) is 0 Å². The Bertz CT molecular complexity index is 490. The standard InChI is InChI=1S/C19H32N2O/c1-8-16(9-2)11-17-10-15(5)18(12-19(17)22-7)20-13-21(6)14(3)4/h10,12-14,16H,8-9,11H2,1-7H3. The van der Waals surface area contributed by atoms with Gasteiger partial charge in [0.15, 0.2) is 0 Å². The summed E-state index contributed by atoms with van der Waals surface area (Å²) in [4.78, 5) is 6.72. The molecule has 0 saturated carbocycles. The Morgan fingerprint density at radius 2 is 1.86 bits per heavy atom. The van der Waals surface area contributed by atoms with Crippen LogP contribution < -0.4 is 4.74 Å². The van der Waals surface area contributed by atoms with Crippen molar-refractivity contribution in [2.24, 2.45) is 10.9 Å². The lowest BCUT2D eigenvalue weighted by molar-refractivity contribution is 0.401. The van der Waals surface area contributed by atoms with E-state index in [1.165, 1.54) is 24.0 Å². The van der Waals surface area contributed by atoms with Gasteiger partial charge in [0, 0.05) is 19.2 Å². The van der Waals surface area contributed by atoms with E-state index < -0.39 is 0 Å². The summed E-state index contributed by atoms with van der Waals surface area (Å²) in [5.74, 6) is 1.67. The van der Waals surface area contributed by atoms with Crippen molar-refractivity contribution in [3.05, 3.63) is 23.3 Å². The fraction of sp³-hybridized carbons (Fsp3) is 0.632. The van der Waals surface area contributed by atoms with E-state index >= 15 is 0 Å². The van der Waals surface area contributed by atoms with E-state index in [0.29, 0.717) is 6.04 Å². The van der Waals surface area contributed by atoms with Crippen molar-refractivity contribution in [2.75, 3.05) is 14.2 Å². The lowest BCUT2D eigenvalue weighted by atomic mass is 9.93. The largest absolute Gasteiger partial charge is 0.496 e. The van der Waals surface area contributed by atoms with Gasteiger partial charge in [-0.15, -0.1) is 0 Å². The van der Waals surface area contributed by atoms with Crippen molar-refractivity contribution in [3.8, 4) is 5.75 Å². The highest BCUT2D eigenvalue weighted by Crippen LogP contribution is 2.31. The van der Waals surface area contributed by atoms with Gasteiger partial charge in [0.2, 0.25) is 0 Å². The maximum absolute atomic E-state index is 5.60. The van der Waals surface area contributed by atoms with Gasteiger partial charge in [-0.2, -0.15) is 0 Å². The fourth-order valence-electron chi connectivity index (χ4n) is 2.40. The molecule has 1 rings (SSSR count). The summed E-state index contributed by atoms with van der Waals surface area (Å²) in [5, 5.41) is 0. The van der Waals surface area contributed by atoms with Crippen LogP contribution in [-0.2, 0) is 6.42 Å². The third-order valence-corrected chi connectivity index (χ3v) is 4.46. The average molecular weight is 304 g/mol. The Labute approximate surface area is 136 Å². The van der Waals surface area contributed by atoms with E-state index in [-0.39, 0.29) is 0 Å². The first-order chi connectivity index (χ1) is 10.4. The van der Waals surface area contributed by atoms with Gasteiger partial charge in [-0.05, 0) is 44.2 Å². The molecule has 0 radical (unpaired) electrons. The van der Waals surface area contributed by atoms with E-state index in [0.717, 1.165) is 23.8 Å². The molecule has 0 amide bonds. The predicted octanol–water partition coefficient (Wildman–Crippen LogP) is 4.98. The van der Waals surface area contributed by atoms with Crippen LogP contribution in [0.4, 0.5) is 5.69 Å². The summed E-state index contributed by atoms with van der Waals surface area (Å²) in [6.07, 6.45) is 5.38. The van der Waals surface area contributed by atoms with E-state index in [4.69, 9.17) is 4.74 Å². The SMILES string of the molecule is CCC(CC)Cc1cc(C)c(N=CN(C)C(C)C)cc1OC. The first-order valence-corrected chi connectivity index (χ1v) is 8.36. The number of hydrogen-bond donors (Lipinski definition) is 0. The van der Waals surface area contributed by atoms with E-state index in [1.54, 1.807) is 7.11 Å². The third-order valence-electron chi connectivity index (χ3n) is 4.46. The average Bonchev–Trinajstić information content (AvgIpc) is 2.51. The maximum Gasteiger partial charge on any atom is 0.124 e. The number of ether oxygens (including phenoxy) is 1. The summed E-state index contributed by atoms with van der Waals surface area (Å²) in [7, 11) is 3.79. The molecule has 0 aliphatic carbocycles. The molecular weight excluding hydrogens is 272 g/mol. The van der Waals surface area contributed by atoms with Crippen LogP contribution in [0.25, 0.3) is 0 Å². The molecule has 124 valence electrons. The summed E-state index contributed by atoms with van der Waals surface area (Å²) in [5.41, 5.74) is 3.48. The zero-order valence-corrected chi connectivity index (χ0v) is 15.3. The molecular formula is C19H32N2O. The minimum absolute atomic E-state index is 0.445. The van der Waals surface area contributed by atoms with Crippen LogP contribution in [0.2, 0.25) is 0 Å². The first kappa shape index (κ1) is 18.5. The quantitative estimate of drug-likeness (QED) is 0.499. The van der Waals surface area contributed by atoms with E-state index in [1.807, 2.05) is 13.4 Å². The Balaban J connectivity index is 3.04. The van der Waals surface area contributed by atoms with Crippen LogP contribution in [-0.4, -0.2) is 31.4 Å². The molecule has 0 spiro atoms. The van der Waals surface area contributed by atoms with Gasteiger partial charge in [0.1, 0.15) is 5.75 Å². The molecule has 0 aromatic heterocycles. The summed E-state index contributed by atoms with van der Waals surface area (Å²) < 4.78 is 5.60. The van der Waals surface area contributed by atoms with Crippen molar-refractivity contribution >= 4 is 12.0 Å². The summed E-state index contributed by atoms with van der Waals surface area (Å²) >= 11 is 0. The second-order valence-electron chi connectivity index (χ2n) is 6.34. The molecule has 22 heavy (non-hydrogen) atoms. The molecule has 3 nitrogen and oxygen atoms in total. The van der Waals surface area contributed by atoms with Gasteiger partial charge in [0.05, 0.1) is 19.1 Å². The second kappa shape index (κ2) is 8.82. The van der Waals surface area contributed by atoms with Crippen LogP contribution >= 0.6 is 0 Å². The van der Waals surface area contributed by atoms with Gasteiger partial charge < -0.3 is 9.64 Å². The Morgan fingerprint density at radius 3 is 2.36 bits per heavy atom. The van der Waals surface area contributed by atoms with Gasteiger partial charge in [-0.3, -0.25) is 0 Å². The number of aliphatic imine (C=N–C) groups is 1. The zero-order valence-electron chi connectivity index (χ0n) is 15.3. The van der Waals surface area contributed by atoms with Crippen molar-refractivity contribution in [1.29, 1.82) is 0 Å². The Kier molecular flexibility index (Phi) is 7.43. The lowest BCUT2D eigenvalue weighted by Gasteiger charge is -2.18. The monoisotopic (exact) mass is 304 g/mol. The van der Waals surface area contributed by atoms with E-state index in [2.05, 4.69) is 56.6 Å². The van der Waals surface area contributed by atoms with Gasteiger partial charge in [-0.1, -0.05) is 32.8 Å². The molecule has 3 heteroatoms. The molecule has 0 atom stereocenters. The smallest absolute Gasteiger partial charge is 0.124 e. The van der Waals surface area contributed by atoms with Crippen LogP contribution in [0, 0.1) is 12.8 Å². The van der Waals surface area contributed by atoms with Crippen molar-refractivity contribution in [1.82, 2.24) is 4.90 Å². The normalized spacial score (nSPS) is 11.7. The summed E-state index contributed by atoms with van der Waals surface area (Å²) in [6.45, 7) is 10.9. The molecule has 0 saturated heterocycles. The predicted molar refractivity (Wildman–Crippen MR) is 96.6 cm³/mol. The summed E-state index contributed by atoms with van der Waals surface area (Å²) in [6, 6.07) is 4.75. The van der Waals surface area contributed by atoms with Crippen LogP contribution in [0.15, 0.2) is 17.1 Å². The van der Waals surface area contributed by atoms with E-state index in [9.17, 15) is 0 Å². The molecule has 0 fully saturated rings. The molecule has 0 unspecified atom stereocenters. The topological polar surface area (TPSA) is 24.8 Å². The van der Waals surface area contributed by atoms with Gasteiger partial charge in [-0.25, -0.2) is 4.99 Å². The maximum atomic E-state index is 5.60. The molecule has 1 aromatic carbocycles. The highest BCUT2D eigenvalue weighted by molar-refractivity contribution is 5.65. The van der Waals surface area contributed by atoms with Crippen molar-refractivity contribution < 1.29 is 4.74 Å². The second-order valence-corrected chi connectivity index (χ2v) is 6.34. The minimum Gasteiger partial charge on any atom is -0.496 e. The Morgan fingerprint density at radius 1 is 1.23 bits per heavy atom. The Hall–Kier alpha value is -1.51. The molecule has 1 aromatic rings. The number of methoxy groups -OCH3 is 1. The lowest BCUT2D eigenvalue weighted by Crippen LogP contribution is -2.24. The number of hydrogen-bond acceptors (Lipinski definition) is 2. The first-order valence-electron chi connectivity index (χ1n) is 8.36. The molecule has 0 heterocycles. The van der Waals surface area contributed by atoms with Crippen LogP contribution in [0.5, 0.6) is 5.75 Å². The molecule has 0 aliphatic rings. The third kappa shape index (κ3) is 5.04. The van der Waals surface area contributed by atoms with Gasteiger partial charge >= 0.3 is 0 Å². The van der Waals surface area contributed by atoms with Crippen LogP contribution in [0.1, 0.15) is 51.7 Å². The van der Waals surface area contributed by atoms with Crippen molar-refractivity contribution in [2.45, 2.75) is 59.9 Å². The number of rotatable bonds is 8. The number of aryl methyl sites for hydroxylation is 1. The molecule has 0 aliphatic heterocycles. The van der Waals surface area contributed by atoms with Crippen molar-refractivity contribution in [3.63, 3.8) is 0 Å². The number of nitrogens with zero attached hydrogens (tertiary/aromatic N) is 2. The van der Waals surface area contributed by atoms with Gasteiger partial charge in [0.25, 0.3) is 0 Å². The zero-order chi connectivity index (χ0) is 16.7. The highest BCUT2D eigenvalue weighted by Gasteiger charge is 2.12. The number of benzene rings is 1.